The first-order valence-corrected chi connectivity index (χ1v) is 5.35. The lowest BCUT2D eigenvalue weighted by molar-refractivity contribution is 0.0581. The monoisotopic (exact) mass is 223 g/mol. The van der Waals surface area contributed by atoms with Gasteiger partial charge in [0.15, 0.2) is 6.10 Å². The Labute approximate surface area is 92.6 Å². The molecular weight excluding hydrogens is 210 g/mol. The predicted molar refractivity (Wildman–Crippen MR) is 54.6 cm³/mol. The molecule has 5 heteroatoms. The van der Waals surface area contributed by atoms with Crippen molar-refractivity contribution in [3.8, 4) is 0 Å². The Hall–Kier alpha value is -1.33. The molecule has 86 valence electrons. The third kappa shape index (κ3) is 1.04. The third-order valence-electron chi connectivity index (χ3n) is 3.47. The first-order chi connectivity index (χ1) is 7.63. The van der Waals surface area contributed by atoms with E-state index in [-0.39, 0.29) is 12.6 Å². The molecule has 1 amide bonds. The number of amides is 1. The zero-order chi connectivity index (χ0) is 11.4. The van der Waals surface area contributed by atoms with E-state index in [1.165, 1.54) is 4.90 Å². The van der Waals surface area contributed by atoms with Gasteiger partial charge in [0.05, 0.1) is 12.6 Å². The van der Waals surface area contributed by atoms with Gasteiger partial charge in [0.1, 0.15) is 12.1 Å². The highest BCUT2D eigenvalue weighted by Crippen LogP contribution is 2.43. The van der Waals surface area contributed by atoms with Crippen molar-refractivity contribution in [1.29, 1.82) is 0 Å². The average molecular weight is 223 g/mol. The van der Waals surface area contributed by atoms with Gasteiger partial charge in [-0.3, -0.25) is 4.90 Å². The lowest BCUT2D eigenvalue weighted by Crippen LogP contribution is -2.44. The summed E-state index contributed by atoms with van der Waals surface area (Å²) < 4.78 is 5.14. The summed E-state index contributed by atoms with van der Waals surface area (Å²) in [6, 6.07) is -0.225. The maximum atomic E-state index is 11.5. The van der Waals surface area contributed by atoms with Gasteiger partial charge in [-0.25, -0.2) is 4.79 Å². The van der Waals surface area contributed by atoms with Crippen LogP contribution in [0.4, 0.5) is 4.79 Å². The number of aliphatic hydroxyl groups excluding tert-OH is 2. The van der Waals surface area contributed by atoms with Crippen LogP contribution in [0.1, 0.15) is 6.92 Å². The Morgan fingerprint density at radius 2 is 2.31 bits per heavy atom. The van der Waals surface area contributed by atoms with Gasteiger partial charge in [-0.15, -0.1) is 0 Å². The van der Waals surface area contributed by atoms with Gasteiger partial charge in [-0.2, -0.15) is 0 Å². The molecule has 0 bridgehead atoms. The second-order valence-corrected chi connectivity index (χ2v) is 4.32. The molecule has 3 rings (SSSR count). The number of allylic oxidation sites excluding steroid dienone is 1. The standard InChI is InChI=1S/C11H13NO4/c1-2-6-7-3-5(13)4-12-8(7)10(9(6)14)16-11(12)15/h2-3,5,8-10,13-14H,4H2,1H3. The molecule has 4 atom stereocenters. The molecule has 0 aromatic heterocycles. The predicted octanol–water partition coefficient (Wildman–Crippen LogP) is -0.202. The molecule has 0 radical (unpaired) electrons. The van der Waals surface area contributed by atoms with Crippen molar-refractivity contribution in [3.05, 3.63) is 23.3 Å². The summed E-state index contributed by atoms with van der Waals surface area (Å²) in [5.41, 5.74) is 1.58. The fraction of sp³-hybridized carbons (Fsp3) is 0.545. The minimum absolute atomic E-state index is 0.225. The second kappa shape index (κ2) is 3.09. The van der Waals surface area contributed by atoms with E-state index in [1.54, 1.807) is 12.2 Å². The molecule has 0 aromatic carbocycles. The molecule has 2 heterocycles. The van der Waals surface area contributed by atoms with E-state index in [0.717, 1.165) is 11.1 Å². The van der Waals surface area contributed by atoms with Gasteiger partial charge < -0.3 is 14.9 Å². The van der Waals surface area contributed by atoms with E-state index < -0.39 is 24.4 Å². The number of rotatable bonds is 0. The van der Waals surface area contributed by atoms with E-state index >= 15 is 0 Å². The van der Waals surface area contributed by atoms with Crippen LogP contribution in [0.3, 0.4) is 0 Å². The molecule has 5 nitrogen and oxygen atoms in total. The Morgan fingerprint density at radius 3 is 3.00 bits per heavy atom. The number of nitrogens with zero attached hydrogens (tertiary/aromatic N) is 1. The molecule has 1 saturated carbocycles. The van der Waals surface area contributed by atoms with Gasteiger partial charge in [-0.1, -0.05) is 6.08 Å². The highest BCUT2D eigenvalue weighted by atomic mass is 16.6. The maximum Gasteiger partial charge on any atom is 0.410 e. The quantitative estimate of drug-likeness (QED) is 0.596. The van der Waals surface area contributed by atoms with Crippen LogP contribution in [0.25, 0.3) is 0 Å². The molecule has 2 N–H and O–H groups in total. The van der Waals surface area contributed by atoms with Crippen LogP contribution in [0, 0.1) is 0 Å². The zero-order valence-corrected chi connectivity index (χ0v) is 8.83. The van der Waals surface area contributed by atoms with Gasteiger partial charge >= 0.3 is 6.09 Å². The normalized spacial score (nSPS) is 43.4. The summed E-state index contributed by atoms with van der Waals surface area (Å²) in [4.78, 5) is 13.0. The lowest BCUT2D eigenvalue weighted by Gasteiger charge is -2.28. The number of carbonyl (C=O) groups is 1. The van der Waals surface area contributed by atoms with Crippen LogP contribution in [0.15, 0.2) is 23.3 Å². The highest BCUT2D eigenvalue weighted by molar-refractivity contribution is 5.75. The first-order valence-electron chi connectivity index (χ1n) is 5.35. The Morgan fingerprint density at radius 1 is 1.56 bits per heavy atom. The number of hydrogen-bond donors (Lipinski definition) is 2. The van der Waals surface area contributed by atoms with Crippen molar-refractivity contribution < 1.29 is 19.7 Å². The van der Waals surface area contributed by atoms with Crippen LogP contribution in [-0.4, -0.2) is 52.1 Å². The van der Waals surface area contributed by atoms with E-state index in [1.807, 2.05) is 6.92 Å². The first kappa shape index (κ1) is 9.86. The fourth-order valence-corrected chi connectivity index (χ4v) is 2.82. The number of ether oxygens (including phenoxy) is 1. The molecule has 16 heavy (non-hydrogen) atoms. The van der Waals surface area contributed by atoms with Crippen molar-refractivity contribution in [2.45, 2.75) is 31.3 Å². The van der Waals surface area contributed by atoms with Crippen molar-refractivity contribution in [2.24, 2.45) is 0 Å². The molecule has 3 aliphatic rings. The number of aliphatic hydroxyl groups is 2. The SMILES string of the molecule is CC=C1C2=CC(O)CN3C(=O)OC(C1O)C23. The second-order valence-electron chi connectivity index (χ2n) is 4.32. The molecule has 2 aliphatic heterocycles. The van der Waals surface area contributed by atoms with Gasteiger partial charge in [-0.05, 0) is 24.1 Å². The van der Waals surface area contributed by atoms with Gasteiger partial charge in [0, 0.05) is 0 Å². The summed E-state index contributed by atoms with van der Waals surface area (Å²) >= 11 is 0. The lowest BCUT2D eigenvalue weighted by atomic mass is 9.99. The Bertz CT molecular complexity index is 414. The topological polar surface area (TPSA) is 70.0 Å². The molecular formula is C11H13NO4. The van der Waals surface area contributed by atoms with Crippen LogP contribution < -0.4 is 0 Å². The maximum absolute atomic E-state index is 11.5. The van der Waals surface area contributed by atoms with Crippen molar-refractivity contribution >= 4 is 6.09 Å². The van der Waals surface area contributed by atoms with Crippen LogP contribution in [0.5, 0.6) is 0 Å². The zero-order valence-electron chi connectivity index (χ0n) is 8.83. The van der Waals surface area contributed by atoms with Crippen LogP contribution in [-0.2, 0) is 4.74 Å². The largest absolute Gasteiger partial charge is 0.440 e. The Kier molecular flexibility index (Phi) is 1.90. The summed E-state index contributed by atoms with van der Waals surface area (Å²) in [7, 11) is 0. The summed E-state index contributed by atoms with van der Waals surface area (Å²) in [6.45, 7) is 2.07. The summed E-state index contributed by atoms with van der Waals surface area (Å²) in [6.07, 6.45) is 1.09. The Balaban J connectivity index is 2.11. The number of carbonyl (C=O) groups excluding carboxylic acids is 1. The fourth-order valence-electron chi connectivity index (χ4n) is 2.82. The van der Waals surface area contributed by atoms with Crippen molar-refractivity contribution in [1.82, 2.24) is 4.90 Å². The molecule has 1 aliphatic carbocycles. The number of hydrogen-bond acceptors (Lipinski definition) is 4. The molecule has 2 fully saturated rings. The molecule has 1 saturated heterocycles. The molecule has 0 spiro atoms. The van der Waals surface area contributed by atoms with E-state index in [4.69, 9.17) is 4.74 Å². The van der Waals surface area contributed by atoms with Gasteiger partial charge in [0.25, 0.3) is 0 Å². The smallest absolute Gasteiger partial charge is 0.410 e. The van der Waals surface area contributed by atoms with E-state index in [2.05, 4.69) is 0 Å². The molecule has 0 aromatic rings. The van der Waals surface area contributed by atoms with Crippen molar-refractivity contribution in [2.75, 3.05) is 6.54 Å². The van der Waals surface area contributed by atoms with E-state index in [9.17, 15) is 15.0 Å². The summed E-state index contributed by atoms with van der Waals surface area (Å²) in [5.74, 6) is 0. The minimum atomic E-state index is -0.777. The average Bonchev–Trinajstić information content (AvgIpc) is 2.69. The minimum Gasteiger partial charge on any atom is -0.440 e. The third-order valence-corrected chi connectivity index (χ3v) is 3.47. The summed E-state index contributed by atoms with van der Waals surface area (Å²) in [5, 5.41) is 19.7. The highest BCUT2D eigenvalue weighted by Gasteiger charge is 2.56. The van der Waals surface area contributed by atoms with Crippen LogP contribution >= 0.6 is 0 Å². The molecule has 4 unspecified atom stereocenters. The van der Waals surface area contributed by atoms with Gasteiger partial charge in [0.2, 0.25) is 0 Å². The van der Waals surface area contributed by atoms with E-state index in [0.29, 0.717) is 0 Å². The van der Waals surface area contributed by atoms with Crippen molar-refractivity contribution in [3.63, 3.8) is 0 Å². The van der Waals surface area contributed by atoms with Crippen LogP contribution in [0.2, 0.25) is 0 Å².